The van der Waals surface area contributed by atoms with Gasteiger partial charge in [-0.3, -0.25) is 4.90 Å². The van der Waals surface area contributed by atoms with Gasteiger partial charge in [-0.15, -0.1) is 0 Å². The van der Waals surface area contributed by atoms with E-state index in [1.807, 2.05) is 0 Å². The van der Waals surface area contributed by atoms with E-state index >= 15 is 0 Å². The van der Waals surface area contributed by atoms with Crippen LogP contribution in [0.1, 0.15) is 26.2 Å². The monoisotopic (exact) mass is 200 g/mol. The first-order chi connectivity index (χ1) is 6.77. The summed E-state index contributed by atoms with van der Waals surface area (Å²) in [5.41, 5.74) is 0. The van der Waals surface area contributed by atoms with Gasteiger partial charge in [-0.2, -0.15) is 0 Å². The van der Waals surface area contributed by atoms with Gasteiger partial charge < -0.3 is 10.0 Å². The van der Waals surface area contributed by atoms with Gasteiger partial charge in [0.05, 0.1) is 6.61 Å². The number of hydrogen-bond acceptors (Lipinski definition) is 3. The second-order valence-corrected chi connectivity index (χ2v) is 4.32. The molecule has 0 spiro atoms. The van der Waals surface area contributed by atoms with E-state index in [4.69, 9.17) is 0 Å². The zero-order chi connectivity index (χ0) is 10.4. The molecule has 0 amide bonds. The second kappa shape index (κ2) is 6.38. The normalized spacial score (nSPS) is 26.4. The van der Waals surface area contributed by atoms with Crippen LogP contribution in [0, 0.1) is 0 Å². The van der Waals surface area contributed by atoms with E-state index < -0.39 is 0 Å². The van der Waals surface area contributed by atoms with Gasteiger partial charge in [0.25, 0.3) is 0 Å². The second-order valence-electron chi connectivity index (χ2n) is 4.32. The molecule has 0 aromatic heterocycles. The Morgan fingerprint density at radius 1 is 1.36 bits per heavy atom. The quantitative estimate of drug-likeness (QED) is 0.726. The van der Waals surface area contributed by atoms with Gasteiger partial charge in [0, 0.05) is 12.6 Å². The fourth-order valence-electron chi connectivity index (χ4n) is 2.04. The highest BCUT2D eigenvalue weighted by Crippen LogP contribution is 2.08. The molecular formula is C11H24N2O. The molecule has 1 aliphatic heterocycles. The summed E-state index contributed by atoms with van der Waals surface area (Å²) < 4.78 is 0. The van der Waals surface area contributed by atoms with E-state index in [2.05, 4.69) is 23.8 Å². The van der Waals surface area contributed by atoms with E-state index in [0.29, 0.717) is 12.6 Å². The largest absolute Gasteiger partial charge is 0.395 e. The molecule has 84 valence electrons. The van der Waals surface area contributed by atoms with E-state index in [1.54, 1.807) is 0 Å². The number of rotatable bonds is 4. The van der Waals surface area contributed by atoms with Crippen LogP contribution in [0.5, 0.6) is 0 Å². The Balaban J connectivity index is 2.37. The Bertz CT molecular complexity index is 150. The summed E-state index contributed by atoms with van der Waals surface area (Å²) in [5, 5.41) is 9.26. The highest BCUT2D eigenvalue weighted by Gasteiger charge is 2.20. The van der Waals surface area contributed by atoms with Crippen molar-refractivity contribution in [3.8, 4) is 0 Å². The molecule has 1 fully saturated rings. The molecule has 0 bridgehead atoms. The van der Waals surface area contributed by atoms with Gasteiger partial charge in [-0.25, -0.2) is 0 Å². The molecule has 14 heavy (non-hydrogen) atoms. The van der Waals surface area contributed by atoms with Crippen LogP contribution >= 0.6 is 0 Å². The summed E-state index contributed by atoms with van der Waals surface area (Å²) in [5.74, 6) is 0. The number of nitrogens with zero attached hydrogens (tertiary/aromatic N) is 2. The third kappa shape index (κ3) is 3.56. The standard InChI is InChI=1S/C11H24N2O/c1-3-4-7-13-8-5-6-12(2)11(9-13)10-14/h11,14H,3-10H2,1-2H3. The molecule has 1 N–H and O–H groups in total. The summed E-state index contributed by atoms with van der Waals surface area (Å²) >= 11 is 0. The Morgan fingerprint density at radius 2 is 2.14 bits per heavy atom. The Hall–Kier alpha value is -0.120. The van der Waals surface area contributed by atoms with Crippen molar-refractivity contribution < 1.29 is 5.11 Å². The van der Waals surface area contributed by atoms with Gasteiger partial charge in [0.15, 0.2) is 0 Å². The average molecular weight is 200 g/mol. The van der Waals surface area contributed by atoms with Crippen molar-refractivity contribution in [2.24, 2.45) is 0 Å². The van der Waals surface area contributed by atoms with Crippen LogP contribution in [0.3, 0.4) is 0 Å². The lowest BCUT2D eigenvalue weighted by Crippen LogP contribution is -2.41. The summed E-state index contributed by atoms with van der Waals surface area (Å²) in [6, 6.07) is 0.342. The van der Waals surface area contributed by atoms with Gasteiger partial charge in [0.1, 0.15) is 0 Å². The van der Waals surface area contributed by atoms with Crippen molar-refractivity contribution in [1.29, 1.82) is 0 Å². The SMILES string of the molecule is CCCCN1CCCN(C)C(CO)C1. The molecule has 1 atom stereocenters. The average Bonchev–Trinajstić information content (AvgIpc) is 2.37. The number of unbranched alkanes of at least 4 members (excludes halogenated alkanes) is 1. The highest BCUT2D eigenvalue weighted by atomic mass is 16.3. The zero-order valence-corrected chi connectivity index (χ0v) is 9.58. The minimum absolute atomic E-state index is 0.291. The number of hydrogen-bond donors (Lipinski definition) is 1. The van der Waals surface area contributed by atoms with Crippen LogP contribution in [-0.2, 0) is 0 Å². The summed E-state index contributed by atoms with van der Waals surface area (Å²) in [7, 11) is 2.12. The molecule has 1 rings (SSSR count). The molecule has 0 aliphatic carbocycles. The molecule has 3 nitrogen and oxygen atoms in total. The molecule has 1 unspecified atom stereocenters. The minimum Gasteiger partial charge on any atom is -0.395 e. The van der Waals surface area contributed by atoms with Crippen molar-refractivity contribution >= 4 is 0 Å². The number of aliphatic hydroxyl groups is 1. The smallest absolute Gasteiger partial charge is 0.0599 e. The molecule has 0 saturated carbocycles. The Morgan fingerprint density at radius 3 is 2.79 bits per heavy atom. The topological polar surface area (TPSA) is 26.7 Å². The van der Waals surface area contributed by atoms with Crippen molar-refractivity contribution in [3.63, 3.8) is 0 Å². The number of aliphatic hydroxyl groups excluding tert-OH is 1. The maximum Gasteiger partial charge on any atom is 0.0599 e. The predicted octanol–water partition coefficient (Wildman–Crippen LogP) is 0.785. The van der Waals surface area contributed by atoms with Crippen LogP contribution in [0.4, 0.5) is 0 Å². The molecule has 0 aromatic carbocycles. The van der Waals surface area contributed by atoms with E-state index in [0.717, 1.165) is 13.1 Å². The highest BCUT2D eigenvalue weighted by molar-refractivity contribution is 4.77. The summed E-state index contributed by atoms with van der Waals surface area (Å²) in [4.78, 5) is 4.78. The predicted molar refractivity (Wildman–Crippen MR) is 59.5 cm³/mol. The first-order valence-electron chi connectivity index (χ1n) is 5.81. The fraction of sp³-hybridized carbons (Fsp3) is 1.00. The molecule has 1 heterocycles. The lowest BCUT2D eigenvalue weighted by atomic mass is 10.2. The molecule has 3 heteroatoms. The van der Waals surface area contributed by atoms with Crippen molar-refractivity contribution in [3.05, 3.63) is 0 Å². The van der Waals surface area contributed by atoms with Crippen LogP contribution in [0.15, 0.2) is 0 Å². The third-order valence-corrected chi connectivity index (χ3v) is 3.12. The lowest BCUT2D eigenvalue weighted by Gasteiger charge is -2.27. The third-order valence-electron chi connectivity index (χ3n) is 3.12. The van der Waals surface area contributed by atoms with Crippen molar-refractivity contribution in [1.82, 2.24) is 9.80 Å². The Labute approximate surface area is 87.7 Å². The first kappa shape index (κ1) is 12.0. The molecule has 1 aliphatic rings. The fourth-order valence-corrected chi connectivity index (χ4v) is 2.04. The van der Waals surface area contributed by atoms with Gasteiger partial charge in [0.2, 0.25) is 0 Å². The van der Waals surface area contributed by atoms with E-state index in [1.165, 1.54) is 32.4 Å². The van der Waals surface area contributed by atoms with Crippen LogP contribution in [-0.4, -0.2) is 60.8 Å². The minimum atomic E-state index is 0.291. The van der Waals surface area contributed by atoms with Crippen LogP contribution < -0.4 is 0 Å². The van der Waals surface area contributed by atoms with Gasteiger partial charge in [-0.05, 0) is 39.5 Å². The van der Waals surface area contributed by atoms with Crippen molar-refractivity contribution in [2.75, 3.05) is 39.8 Å². The maximum absolute atomic E-state index is 9.26. The Kier molecular flexibility index (Phi) is 5.45. The van der Waals surface area contributed by atoms with Gasteiger partial charge in [-0.1, -0.05) is 13.3 Å². The van der Waals surface area contributed by atoms with E-state index in [9.17, 15) is 5.11 Å². The molecular weight excluding hydrogens is 176 g/mol. The molecule has 0 radical (unpaired) electrons. The number of likely N-dealkylation sites (N-methyl/N-ethyl adjacent to an activating group) is 1. The van der Waals surface area contributed by atoms with Gasteiger partial charge >= 0.3 is 0 Å². The molecule has 0 aromatic rings. The first-order valence-corrected chi connectivity index (χ1v) is 5.81. The van der Waals surface area contributed by atoms with Crippen molar-refractivity contribution in [2.45, 2.75) is 32.2 Å². The van der Waals surface area contributed by atoms with E-state index in [-0.39, 0.29) is 0 Å². The lowest BCUT2D eigenvalue weighted by molar-refractivity contribution is 0.131. The molecule has 1 saturated heterocycles. The summed E-state index contributed by atoms with van der Waals surface area (Å²) in [6.07, 6.45) is 3.77. The summed E-state index contributed by atoms with van der Waals surface area (Å²) in [6.45, 7) is 7.06. The van der Waals surface area contributed by atoms with Crippen LogP contribution in [0.25, 0.3) is 0 Å². The zero-order valence-electron chi connectivity index (χ0n) is 9.58. The van der Waals surface area contributed by atoms with Crippen LogP contribution in [0.2, 0.25) is 0 Å². The maximum atomic E-state index is 9.26.